The van der Waals surface area contributed by atoms with E-state index in [2.05, 4.69) is 12.8 Å². The largest absolute Gasteiger partial charge is 0.268 e. The summed E-state index contributed by atoms with van der Waals surface area (Å²) in [7, 11) is 0. The zero-order valence-corrected chi connectivity index (χ0v) is 10.5. The molecule has 0 aliphatic rings. The van der Waals surface area contributed by atoms with Crippen LogP contribution in [0.15, 0.2) is 54.6 Å². The molecule has 2 aromatic rings. The number of thiol groups is 1. The van der Waals surface area contributed by atoms with Gasteiger partial charge >= 0.3 is 0 Å². The zero-order chi connectivity index (χ0) is 12.3. The third-order valence-electron chi connectivity index (χ3n) is 2.28. The second-order valence-electron chi connectivity index (χ2n) is 3.46. The van der Waals surface area contributed by atoms with Crippen LogP contribution >= 0.6 is 24.4 Å². The first-order valence-corrected chi connectivity index (χ1v) is 5.80. The third kappa shape index (κ3) is 2.81. The topological polar surface area (TPSA) is 20.3 Å². The minimum absolute atomic E-state index is 0.170. The number of amides is 1. The van der Waals surface area contributed by atoms with Crippen molar-refractivity contribution >= 4 is 36.0 Å². The molecule has 0 spiro atoms. The van der Waals surface area contributed by atoms with E-state index in [-0.39, 0.29) is 5.91 Å². The number of nitrogens with zero attached hydrogens (tertiary/aromatic N) is 1. The Balaban J connectivity index is 2.23. The maximum absolute atomic E-state index is 12.0. The Bertz CT molecular complexity index is 513. The molecule has 0 fully saturated rings. The van der Waals surface area contributed by atoms with Gasteiger partial charge in [-0.15, -0.1) is 0 Å². The zero-order valence-electron chi connectivity index (χ0n) is 8.88. The van der Waals surface area contributed by atoms with Crippen LogP contribution in [0.4, 0.5) is 5.69 Å². The first-order chi connectivity index (χ1) is 8.18. The van der Waals surface area contributed by atoms with Crippen molar-refractivity contribution in [3.05, 3.63) is 65.2 Å². The Morgan fingerprint density at radius 1 is 1.00 bits per heavy atom. The molecule has 0 heterocycles. The summed E-state index contributed by atoms with van der Waals surface area (Å²) in [6, 6.07) is 15.9. The first kappa shape index (κ1) is 12.0. The van der Waals surface area contributed by atoms with E-state index in [9.17, 15) is 4.79 Å². The van der Waals surface area contributed by atoms with Crippen molar-refractivity contribution in [3.63, 3.8) is 0 Å². The summed E-state index contributed by atoms with van der Waals surface area (Å²) < 4.78 is 1.30. The second-order valence-corrected chi connectivity index (χ2v) is 4.30. The van der Waals surface area contributed by atoms with Gasteiger partial charge in [-0.05, 0) is 36.4 Å². The summed E-state index contributed by atoms with van der Waals surface area (Å²) >= 11 is 9.99. The number of rotatable bonds is 2. The molecule has 2 aromatic carbocycles. The average Bonchev–Trinajstić information content (AvgIpc) is 2.39. The maximum Gasteiger partial charge on any atom is 0.268 e. The lowest BCUT2D eigenvalue weighted by Gasteiger charge is -2.15. The molecule has 0 aliphatic heterocycles. The fourth-order valence-corrected chi connectivity index (χ4v) is 1.78. The number of halogens is 1. The van der Waals surface area contributed by atoms with Crippen molar-refractivity contribution in [2.75, 3.05) is 4.31 Å². The number of anilines is 1. The van der Waals surface area contributed by atoms with Crippen LogP contribution in [0.2, 0.25) is 5.02 Å². The highest BCUT2D eigenvalue weighted by Gasteiger charge is 2.13. The van der Waals surface area contributed by atoms with Gasteiger partial charge in [-0.25, -0.2) is 0 Å². The molecule has 0 aromatic heterocycles. The van der Waals surface area contributed by atoms with Crippen molar-refractivity contribution < 1.29 is 4.79 Å². The highest BCUT2D eigenvalue weighted by Crippen LogP contribution is 2.21. The van der Waals surface area contributed by atoms with Crippen LogP contribution in [0.3, 0.4) is 0 Å². The van der Waals surface area contributed by atoms with E-state index in [0.29, 0.717) is 16.3 Å². The lowest BCUT2D eigenvalue weighted by Crippen LogP contribution is -2.20. The van der Waals surface area contributed by atoms with Gasteiger partial charge < -0.3 is 0 Å². The number of hydrogen-bond acceptors (Lipinski definition) is 2. The summed E-state index contributed by atoms with van der Waals surface area (Å²) in [5.74, 6) is -0.170. The van der Waals surface area contributed by atoms with Crippen LogP contribution in [-0.4, -0.2) is 5.91 Å². The summed E-state index contributed by atoms with van der Waals surface area (Å²) in [5.41, 5.74) is 1.28. The molecule has 0 aliphatic carbocycles. The van der Waals surface area contributed by atoms with E-state index in [1.54, 1.807) is 36.4 Å². The lowest BCUT2D eigenvalue weighted by molar-refractivity contribution is 0.101. The van der Waals surface area contributed by atoms with Crippen molar-refractivity contribution in [2.24, 2.45) is 0 Å². The second kappa shape index (κ2) is 5.25. The Kier molecular flexibility index (Phi) is 3.71. The number of carbonyl (C=O) groups excluding carboxylic acids is 1. The van der Waals surface area contributed by atoms with Crippen molar-refractivity contribution in [1.29, 1.82) is 0 Å². The minimum atomic E-state index is -0.170. The highest BCUT2D eigenvalue weighted by molar-refractivity contribution is 7.82. The van der Waals surface area contributed by atoms with Gasteiger partial charge in [0, 0.05) is 10.6 Å². The standard InChI is InChI=1S/C13H10ClNOS/c14-11-6-8-12(9-7-11)15(17)13(16)10-4-2-1-3-5-10/h1-9,17H. The van der Waals surface area contributed by atoms with Gasteiger partial charge in [0.2, 0.25) is 0 Å². The number of carbonyl (C=O) groups is 1. The van der Waals surface area contributed by atoms with Crippen LogP contribution in [0.5, 0.6) is 0 Å². The molecule has 17 heavy (non-hydrogen) atoms. The van der Waals surface area contributed by atoms with E-state index in [1.807, 2.05) is 18.2 Å². The molecule has 1 amide bonds. The molecule has 0 N–H and O–H groups in total. The van der Waals surface area contributed by atoms with Crippen LogP contribution in [0.1, 0.15) is 10.4 Å². The fourth-order valence-electron chi connectivity index (χ4n) is 1.40. The van der Waals surface area contributed by atoms with Crippen LogP contribution in [0.25, 0.3) is 0 Å². The fraction of sp³-hybridized carbons (Fsp3) is 0. The summed E-state index contributed by atoms with van der Waals surface area (Å²) in [5, 5.41) is 0.627. The Hall–Kier alpha value is -1.45. The van der Waals surface area contributed by atoms with Crippen LogP contribution in [-0.2, 0) is 0 Å². The molecule has 0 unspecified atom stereocenters. The lowest BCUT2D eigenvalue weighted by atomic mass is 10.2. The molecular weight excluding hydrogens is 254 g/mol. The molecule has 0 saturated heterocycles. The maximum atomic E-state index is 12.0. The summed E-state index contributed by atoms with van der Waals surface area (Å²) in [6.07, 6.45) is 0. The molecule has 2 rings (SSSR count). The van der Waals surface area contributed by atoms with Gasteiger partial charge in [0.15, 0.2) is 0 Å². The van der Waals surface area contributed by atoms with Crippen molar-refractivity contribution in [2.45, 2.75) is 0 Å². The molecule has 0 atom stereocenters. The quantitative estimate of drug-likeness (QED) is 0.817. The smallest absolute Gasteiger partial charge is 0.268 e. The Labute approximate surface area is 110 Å². The first-order valence-electron chi connectivity index (χ1n) is 5.02. The molecule has 0 radical (unpaired) electrons. The number of hydrogen-bond donors (Lipinski definition) is 1. The molecular formula is C13H10ClNOS. The monoisotopic (exact) mass is 263 g/mol. The molecule has 2 nitrogen and oxygen atoms in total. The predicted octanol–water partition coefficient (Wildman–Crippen LogP) is 3.83. The van der Waals surface area contributed by atoms with Gasteiger partial charge in [-0.1, -0.05) is 42.6 Å². The van der Waals surface area contributed by atoms with E-state index >= 15 is 0 Å². The van der Waals surface area contributed by atoms with E-state index in [1.165, 1.54) is 4.31 Å². The van der Waals surface area contributed by atoms with Gasteiger partial charge in [-0.2, -0.15) is 0 Å². The average molecular weight is 264 g/mol. The van der Waals surface area contributed by atoms with E-state index < -0.39 is 0 Å². The summed E-state index contributed by atoms with van der Waals surface area (Å²) in [6.45, 7) is 0. The predicted molar refractivity (Wildman–Crippen MR) is 73.7 cm³/mol. The van der Waals surface area contributed by atoms with Gasteiger partial charge in [-0.3, -0.25) is 9.10 Å². The minimum Gasteiger partial charge on any atom is -0.268 e. The highest BCUT2D eigenvalue weighted by atomic mass is 35.5. The van der Waals surface area contributed by atoms with Crippen molar-refractivity contribution in [3.8, 4) is 0 Å². The Morgan fingerprint density at radius 3 is 2.18 bits per heavy atom. The van der Waals surface area contributed by atoms with Crippen LogP contribution in [0, 0.1) is 0 Å². The van der Waals surface area contributed by atoms with Crippen molar-refractivity contribution in [1.82, 2.24) is 0 Å². The van der Waals surface area contributed by atoms with Gasteiger partial charge in [0.25, 0.3) is 5.91 Å². The number of benzene rings is 2. The third-order valence-corrected chi connectivity index (χ3v) is 2.95. The molecule has 0 bridgehead atoms. The SMILES string of the molecule is O=C(c1ccccc1)N(S)c1ccc(Cl)cc1. The van der Waals surface area contributed by atoms with Gasteiger partial charge in [0.1, 0.15) is 0 Å². The summed E-state index contributed by atoms with van der Waals surface area (Å²) in [4.78, 5) is 12.0. The van der Waals surface area contributed by atoms with E-state index in [4.69, 9.17) is 11.6 Å². The Morgan fingerprint density at radius 2 is 1.59 bits per heavy atom. The molecule has 86 valence electrons. The molecule has 0 saturated carbocycles. The molecule has 4 heteroatoms. The van der Waals surface area contributed by atoms with Crippen LogP contribution < -0.4 is 4.31 Å². The normalized spacial score (nSPS) is 10.0. The van der Waals surface area contributed by atoms with Gasteiger partial charge in [0.05, 0.1) is 5.69 Å². The van der Waals surface area contributed by atoms with E-state index in [0.717, 1.165) is 0 Å².